The average molecular weight is 326 g/mol. The summed E-state index contributed by atoms with van der Waals surface area (Å²) in [7, 11) is 0. The summed E-state index contributed by atoms with van der Waals surface area (Å²) in [5.74, 6) is 0.671. The lowest BCUT2D eigenvalue weighted by Gasteiger charge is -2.14. The van der Waals surface area contributed by atoms with Crippen LogP contribution in [0.2, 0.25) is 0 Å². The first-order chi connectivity index (χ1) is 11.7. The SMILES string of the molecule is CCc1ccc2c(c1)OCCC(OC(=O)Nc1ccccn1)C2=O. The van der Waals surface area contributed by atoms with Gasteiger partial charge in [0.1, 0.15) is 11.6 Å². The van der Waals surface area contributed by atoms with Gasteiger partial charge in [0, 0.05) is 12.6 Å². The Morgan fingerprint density at radius 1 is 1.38 bits per heavy atom. The predicted molar refractivity (Wildman–Crippen MR) is 88.4 cm³/mol. The molecule has 1 N–H and O–H groups in total. The summed E-state index contributed by atoms with van der Waals surface area (Å²) in [6, 6.07) is 10.6. The van der Waals surface area contributed by atoms with Crippen LogP contribution in [-0.2, 0) is 11.2 Å². The number of pyridine rings is 1. The summed E-state index contributed by atoms with van der Waals surface area (Å²) in [4.78, 5) is 28.6. The van der Waals surface area contributed by atoms with Gasteiger partial charge in [-0.05, 0) is 36.2 Å². The molecule has 0 spiro atoms. The molecule has 2 aromatic rings. The maximum atomic E-state index is 12.6. The van der Waals surface area contributed by atoms with Gasteiger partial charge in [-0.15, -0.1) is 0 Å². The van der Waals surface area contributed by atoms with E-state index < -0.39 is 12.2 Å². The predicted octanol–water partition coefficient (Wildman–Crippen LogP) is 3.23. The van der Waals surface area contributed by atoms with Crippen molar-refractivity contribution in [3.8, 4) is 5.75 Å². The fourth-order valence-corrected chi connectivity index (χ4v) is 2.50. The first-order valence-corrected chi connectivity index (χ1v) is 7.86. The molecule has 1 aromatic heterocycles. The van der Waals surface area contributed by atoms with Gasteiger partial charge >= 0.3 is 6.09 Å². The Morgan fingerprint density at radius 2 is 2.25 bits per heavy atom. The third-order valence-electron chi connectivity index (χ3n) is 3.79. The molecule has 0 fully saturated rings. The van der Waals surface area contributed by atoms with Crippen LogP contribution in [0.5, 0.6) is 5.75 Å². The first kappa shape index (κ1) is 16.0. The third-order valence-corrected chi connectivity index (χ3v) is 3.79. The Bertz CT molecular complexity index is 746. The quantitative estimate of drug-likeness (QED) is 0.937. The lowest BCUT2D eigenvalue weighted by atomic mass is 10.0. The largest absolute Gasteiger partial charge is 0.493 e. The van der Waals surface area contributed by atoms with Gasteiger partial charge in [-0.1, -0.05) is 19.1 Å². The van der Waals surface area contributed by atoms with Crippen molar-refractivity contribution < 1.29 is 19.1 Å². The smallest absolute Gasteiger partial charge is 0.413 e. The molecule has 0 bridgehead atoms. The number of Topliss-reactive ketones (excluding diaryl/α,β-unsaturated/α-hetero) is 1. The maximum absolute atomic E-state index is 12.6. The Morgan fingerprint density at radius 3 is 3.00 bits per heavy atom. The maximum Gasteiger partial charge on any atom is 0.413 e. The van der Waals surface area contributed by atoms with E-state index in [4.69, 9.17) is 9.47 Å². The van der Waals surface area contributed by atoms with Crippen LogP contribution in [0.1, 0.15) is 29.3 Å². The molecule has 1 aliphatic rings. The van der Waals surface area contributed by atoms with Crippen LogP contribution in [0.25, 0.3) is 0 Å². The van der Waals surface area contributed by atoms with Crippen molar-refractivity contribution in [2.24, 2.45) is 0 Å². The number of carbonyl (C=O) groups excluding carboxylic acids is 2. The molecule has 3 rings (SSSR count). The zero-order valence-electron chi connectivity index (χ0n) is 13.3. The van der Waals surface area contributed by atoms with Gasteiger partial charge in [-0.3, -0.25) is 10.1 Å². The second kappa shape index (κ2) is 7.12. The van der Waals surface area contributed by atoms with Gasteiger partial charge in [-0.2, -0.15) is 0 Å². The number of hydrogen-bond acceptors (Lipinski definition) is 5. The molecule has 1 amide bonds. The molecule has 6 heteroatoms. The normalized spacial score (nSPS) is 16.5. The highest BCUT2D eigenvalue weighted by molar-refractivity contribution is 6.03. The zero-order chi connectivity index (χ0) is 16.9. The average Bonchev–Trinajstić information content (AvgIpc) is 2.75. The fourth-order valence-electron chi connectivity index (χ4n) is 2.50. The van der Waals surface area contributed by atoms with E-state index in [1.807, 2.05) is 19.1 Å². The standard InChI is InChI=1S/C18H18N2O4/c1-2-12-6-7-13-15(11-12)23-10-8-14(17(13)21)24-18(22)20-16-5-3-4-9-19-16/h3-7,9,11,14H,2,8,10H2,1H3,(H,19,20,22). The van der Waals surface area contributed by atoms with Crippen LogP contribution < -0.4 is 10.1 Å². The second-order valence-corrected chi connectivity index (χ2v) is 5.42. The monoisotopic (exact) mass is 326 g/mol. The Labute approximate surface area is 139 Å². The highest BCUT2D eigenvalue weighted by Gasteiger charge is 2.29. The number of amides is 1. The van der Waals surface area contributed by atoms with Crippen molar-refractivity contribution in [1.29, 1.82) is 0 Å². The van der Waals surface area contributed by atoms with Crippen molar-refractivity contribution in [3.63, 3.8) is 0 Å². The summed E-state index contributed by atoms with van der Waals surface area (Å²) in [5, 5.41) is 2.51. The number of ketones is 1. The van der Waals surface area contributed by atoms with E-state index in [-0.39, 0.29) is 5.78 Å². The number of nitrogens with one attached hydrogen (secondary N) is 1. The van der Waals surface area contributed by atoms with Crippen molar-refractivity contribution in [3.05, 3.63) is 53.7 Å². The molecule has 0 saturated heterocycles. The Kier molecular flexibility index (Phi) is 4.74. The van der Waals surface area contributed by atoms with Crippen LogP contribution in [0.3, 0.4) is 0 Å². The molecule has 1 atom stereocenters. The minimum Gasteiger partial charge on any atom is -0.493 e. The number of carbonyl (C=O) groups is 2. The molecule has 124 valence electrons. The summed E-state index contributed by atoms with van der Waals surface area (Å²) in [6.07, 6.45) is 1.15. The molecule has 0 saturated carbocycles. The van der Waals surface area contributed by atoms with Crippen molar-refractivity contribution in [2.45, 2.75) is 25.9 Å². The topological polar surface area (TPSA) is 77.5 Å². The van der Waals surface area contributed by atoms with Crippen LogP contribution in [0, 0.1) is 0 Å². The van der Waals surface area contributed by atoms with Gasteiger partial charge in [0.05, 0.1) is 12.2 Å². The number of aromatic nitrogens is 1. The highest BCUT2D eigenvalue weighted by atomic mass is 16.6. The molecule has 1 aliphatic heterocycles. The highest BCUT2D eigenvalue weighted by Crippen LogP contribution is 2.27. The van der Waals surface area contributed by atoms with Gasteiger partial charge < -0.3 is 9.47 Å². The molecule has 6 nitrogen and oxygen atoms in total. The lowest BCUT2D eigenvalue weighted by Crippen LogP contribution is -2.29. The summed E-state index contributed by atoms with van der Waals surface area (Å²) in [5.41, 5.74) is 1.54. The molecule has 1 aromatic carbocycles. The number of ether oxygens (including phenoxy) is 2. The van der Waals surface area contributed by atoms with Crippen LogP contribution in [0.15, 0.2) is 42.6 Å². The first-order valence-electron chi connectivity index (χ1n) is 7.86. The Balaban J connectivity index is 1.72. The van der Waals surface area contributed by atoms with E-state index in [1.165, 1.54) is 0 Å². The number of fused-ring (bicyclic) bond motifs is 1. The Hall–Kier alpha value is -2.89. The van der Waals surface area contributed by atoms with E-state index in [9.17, 15) is 9.59 Å². The van der Waals surface area contributed by atoms with E-state index in [0.29, 0.717) is 30.2 Å². The minimum absolute atomic E-state index is 0.249. The lowest BCUT2D eigenvalue weighted by molar-refractivity contribution is 0.0638. The number of aryl methyl sites for hydroxylation is 1. The molecule has 1 unspecified atom stereocenters. The molecule has 0 radical (unpaired) electrons. The summed E-state index contributed by atoms with van der Waals surface area (Å²) < 4.78 is 10.9. The second-order valence-electron chi connectivity index (χ2n) is 5.42. The van der Waals surface area contributed by atoms with Gasteiger partial charge in [0.2, 0.25) is 5.78 Å². The molecule has 24 heavy (non-hydrogen) atoms. The van der Waals surface area contributed by atoms with Crippen LogP contribution in [0.4, 0.5) is 10.6 Å². The number of nitrogens with zero attached hydrogens (tertiary/aromatic N) is 1. The van der Waals surface area contributed by atoms with Crippen LogP contribution in [-0.4, -0.2) is 29.6 Å². The number of rotatable bonds is 3. The molecular weight excluding hydrogens is 308 g/mol. The van der Waals surface area contributed by atoms with E-state index in [2.05, 4.69) is 10.3 Å². The summed E-state index contributed by atoms with van der Waals surface area (Å²) in [6.45, 7) is 2.35. The van der Waals surface area contributed by atoms with E-state index >= 15 is 0 Å². The number of anilines is 1. The molecule has 0 aliphatic carbocycles. The van der Waals surface area contributed by atoms with Crippen molar-refractivity contribution >= 4 is 17.7 Å². The van der Waals surface area contributed by atoms with Crippen molar-refractivity contribution in [1.82, 2.24) is 4.98 Å². The number of benzene rings is 1. The van der Waals surface area contributed by atoms with Gasteiger partial charge in [0.15, 0.2) is 6.10 Å². The van der Waals surface area contributed by atoms with E-state index in [1.54, 1.807) is 30.5 Å². The van der Waals surface area contributed by atoms with Gasteiger partial charge in [-0.25, -0.2) is 9.78 Å². The fraction of sp³-hybridized carbons (Fsp3) is 0.278. The van der Waals surface area contributed by atoms with E-state index in [0.717, 1.165) is 12.0 Å². The van der Waals surface area contributed by atoms with Crippen molar-refractivity contribution in [2.75, 3.05) is 11.9 Å². The summed E-state index contributed by atoms with van der Waals surface area (Å²) >= 11 is 0. The molecule has 2 heterocycles. The van der Waals surface area contributed by atoms with Gasteiger partial charge in [0.25, 0.3) is 0 Å². The number of hydrogen-bond donors (Lipinski definition) is 1. The molecular formula is C18H18N2O4. The zero-order valence-corrected chi connectivity index (χ0v) is 13.3. The third kappa shape index (κ3) is 3.53. The minimum atomic E-state index is -0.873. The van der Waals surface area contributed by atoms with Crippen LogP contribution >= 0.6 is 0 Å².